The Morgan fingerprint density at radius 3 is 1.95 bits per heavy atom. The standard InChI is InChI=1S/C13H29O4Si3/c1-9-13(14)15-11-10-12(2)18(16-19(3,4)5)17-20(6,7)8/h9,12H,1,10-11H2,2-8H3. The van der Waals surface area contributed by atoms with Crippen LogP contribution in [-0.4, -0.2) is 38.5 Å². The van der Waals surface area contributed by atoms with Crippen LogP contribution < -0.4 is 0 Å². The summed E-state index contributed by atoms with van der Waals surface area (Å²) in [4.78, 5) is 11.0. The van der Waals surface area contributed by atoms with Gasteiger partial charge in [-0.15, -0.1) is 0 Å². The molecule has 0 aliphatic carbocycles. The van der Waals surface area contributed by atoms with E-state index in [1.54, 1.807) is 0 Å². The number of carbonyl (C=O) groups excluding carboxylic acids is 1. The van der Waals surface area contributed by atoms with Crippen molar-refractivity contribution in [3.63, 3.8) is 0 Å². The smallest absolute Gasteiger partial charge is 0.365 e. The van der Waals surface area contributed by atoms with E-state index < -0.39 is 25.9 Å². The van der Waals surface area contributed by atoms with Gasteiger partial charge in [0, 0.05) is 11.6 Å². The Hall–Kier alpha value is -0.219. The van der Waals surface area contributed by atoms with Gasteiger partial charge in [0.15, 0.2) is 16.6 Å². The van der Waals surface area contributed by atoms with Gasteiger partial charge in [0.2, 0.25) is 0 Å². The van der Waals surface area contributed by atoms with E-state index >= 15 is 0 Å². The van der Waals surface area contributed by atoms with Crippen LogP contribution in [0, 0.1) is 0 Å². The number of rotatable bonds is 9. The van der Waals surface area contributed by atoms with E-state index in [1.165, 1.54) is 6.08 Å². The van der Waals surface area contributed by atoms with Gasteiger partial charge in [0.1, 0.15) is 0 Å². The second kappa shape index (κ2) is 8.28. The van der Waals surface area contributed by atoms with E-state index in [9.17, 15) is 4.79 Å². The average molecular weight is 334 g/mol. The summed E-state index contributed by atoms with van der Waals surface area (Å²) in [5.41, 5.74) is 0.288. The highest BCUT2D eigenvalue weighted by atomic mass is 28.4. The van der Waals surface area contributed by atoms with Crippen molar-refractivity contribution in [3.05, 3.63) is 12.7 Å². The lowest BCUT2D eigenvalue weighted by Crippen LogP contribution is -2.45. The SMILES string of the molecule is C=CC(=O)OCCC(C)[Si](O[Si](C)(C)C)O[Si](C)(C)C. The van der Waals surface area contributed by atoms with Gasteiger partial charge in [0.25, 0.3) is 0 Å². The van der Waals surface area contributed by atoms with Crippen molar-refractivity contribution in [3.8, 4) is 0 Å². The van der Waals surface area contributed by atoms with E-state index in [0.717, 1.165) is 6.42 Å². The van der Waals surface area contributed by atoms with Crippen LogP contribution in [0.4, 0.5) is 0 Å². The van der Waals surface area contributed by atoms with Crippen molar-refractivity contribution in [2.75, 3.05) is 6.61 Å². The lowest BCUT2D eigenvalue weighted by molar-refractivity contribution is -0.137. The molecule has 0 saturated heterocycles. The minimum atomic E-state index is -1.63. The Labute approximate surface area is 127 Å². The van der Waals surface area contributed by atoms with E-state index in [4.69, 9.17) is 13.0 Å². The van der Waals surface area contributed by atoms with Crippen LogP contribution in [0.25, 0.3) is 0 Å². The fourth-order valence-corrected chi connectivity index (χ4v) is 8.67. The first-order valence-corrected chi connectivity index (χ1v) is 15.2. The molecular weight excluding hydrogens is 304 g/mol. The molecule has 0 saturated carbocycles. The predicted octanol–water partition coefficient (Wildman–Crippen LogP) is 3.69. The fourth-order valence-electron chi connectivity index (χ4n) is 1.34. The molecule has 1 radical (unpaired) electrons. The van der Waals surface area contributed by atoms with Gasteiger partial charge in [-0.3, -0.25) is 0 Å². The van der Waals surface area contributed by atoms with Gasteiger partial charge >= 0.3 is 15.3 Å². The molecule has 0 aromatic carbocycles. The Balaban J connectivity index is 4.51. The van der Waals surface area contributed by atoms with Gasteiger partial charge in [-0.1, -0.05) is 13.5 Å². The second-order valence-electron chi connectivity index (χ2n) is 6.81. The molecule has 117 valence electrons. The Morgan fingerprint density at radius 1 is 1.15 bits per heavy atom. The average Bonchev–Trinajstić information content (AvgIpc) is 2.23. The third-order valence-electron chi connectivity index (χ3n) is 2.18. The molecule has 0 rings (SSSR count). The molecule has 0 spiro atoms. The number of hydrogen-bond acceptors (Lipinski definition) is 4. The maximum Gasteiger partial charge on any atom is 0.365 e. The minimum Gasteiger partial charge on any atom is -0.463 e. The Morgan fingerprint density at radius 2 is 1.60 bits per heavy atom. The molecule has 20 heavy (non-hydrogen) atoms. The van der Waals surface area contributed by atoms with E-state index in [0.29, 0.717) is 6.61 Å². The summed E-state index contributed by atoms with van der Waals surface area (Å²) < 4.78 is 17.5. The van der Waals surface area contributed by atoms with E-state index in [1.807, 2.05) is 0 Å². The van der Waals surface area contributed by atoms with Gasteiger partial charge in [-0.05, 0) is 45.7 Å². The molecule has 1 atom stereocenters. The summed E-state index contributed by atoms with van der Waals surface area (Å²) in [5, 5.41) is 0. The maximum absolute atomic E-state index is 11.0. The Kier molecular flexibility index (Phi) is 8.19. The van der Waals surface area contributed by atoms with Crippen molar-refractivity contribution >= 4 is 31.9 Å². The van der Waals surface area contributed by atoms with Crippen LogP contribution in [-0.2, 0) is 17.8 Å². The molecule has 0 fully saturated rings. The first-order chi connectivity index (χ1) is 8.94. The van der Waals surface area contributed by atoms with Crippen LogP contribution in [0.15, 0.2) is 12.7 Å². The molecule has 0 aliphatic heterocycles. The monoisotopic (exact) mass is 333 g/mol. The van der Waals surface area contributed by atoms with Crippen molar-refractivity contribution in [1.82, 2.24) is 0 Å². The number of ether oxygens (including phenoxy) is 1. The number of carbonyl (C=O) groups is 1. The van der Waals surface area contributed by atoms with Crippen molar-refractivity contribution in [1.29, 1.82) is 0 Å². The first-order valence-electron chi connectivity index (χ1n) is 6.98. The molecule has 1 unspecified atom stereocenters. The van der Waals surface area contributed by atoms with Crippen molar-refractivity contribution in [2.45, 2.75) is 58.2 Å². The summed E-state index contributed by atoms with van der Waals surface area (Å²) in [5.74, 6) is -0.372. The molecule has 0 amide bonds. The molecule has 0 heterocycles. The van der Waals surface area contributed by atoms with E-state index in [2.05, 4.69) is 52.8 Å². The second-order valence-corrected chi connectivity index (χ2v) is 18.5. The zero-order valence-electron chi connectivity index (χ0n) is 13.9. The largest absolute Gasteiger partial charge is 0.463 e. The maximum atomic E-state index is 11.0. The summed E-state index contributed by atoms with van der Waals surface area (Å²) in [7, 11) is -4.60. The zero-order chi connectivity index (χ0) is 16.0. The summed E-state index contributed by atoms with van der Waals surface area (Å²) >= 11 is 0. The van der Waals surface area contributed by atoms with Gasteiger partial charge in [-0.25, -0.2) is 4.79 Å². The molecule has 0 aromatic rings. The number of esters is 1. The topological polar surface area (TPSA) is 44.8 Å². The lowest BCUT2D eigenvalue weighted by Gasteiger charge is -2.32. The third kappa shape index (κ3) is 10.6. The van der Waals surface area contributed by atoms with Crippen LogP contribution in [0.3, 0.4) is 0 Å². The van der Waals surface area contributed by atoms with Gasteiger partial charge in [-0.2, -0.15) is 0 Å². The van der Waals surface area contributed by atoms with Gasteiger partial charge in [0.05, 0.1) is 6.61 Å². The highest BCUT2D eigenvalue weighted by Crippen LogP contribution is 2.23. The highest BCUT2D eigenvalue weighted by Gasteiger charge is 2.34. The predicted molar refractivity (Wildman–Crippen MR) is 89.8 cm³/mol. The molecule has 4 nitrogen and oxygen atoms in total. The Bertz CT molecular complexity index is 305. The number of hydrogen-bond donors (Lipinski definition) is 0. The molecule has 0 bridgehead atoms. The highest BCUT2D eigenvalue weighted by molar-refractivity contribution is 6.81. The van der Waals surface area contributed by atoms with E-state index in [-0.39, 0.29) is 11.5 Å². The van der Waals surface area contributed by atoms with Crippen molar-refractivity contribution < 1.29 is 17.8 Å². The third-order valence-corrected chi connectivity index (χ3v) is 9.78. The lowest BCUT2D eigenvalue weighted by atomic mass is 10.3. The molecule has 7 heteroatoms. The molecule has 0 N–H and O–H groups in total. The summed E-state index contributed by atoms with van der Waals surface area (Å²) in [6.45, 7) is 19.0. The summed E-state index contributed by atoms with van der Waals surface area (Å²) in [6.07, 6.45) is 1.95. The van der Waals surface area contributed by atoms with Crippen LogP contribution in [0.1, 0.15) is 13.3 Å². The normalized spacial score (nSPS) is 14.2. The fraction of sp³-hybridized carbons (Fsp3) is 0.769. The molecule has 0 aliphatic rings. The van der Waals surface area contributed by atoms with Crippen LogP contribution >= 0.6 is 0 Å². The van der Waals surface area contributed by atoms with Crippen molar-refractivity contribution in [2.24, 2.45) is 0 Å². The first kappa shape index (κ1) is 19.8. The van der Waals surface area contributed by atoms with Crippen LogP contribution in [0.2, 0.25) is 44.8 Å². The minimum absolute atomic E-state index is 0.288. The van der Waals surface area contributed by atoms with Crippen LogP contribution in [0.5, 0.6) is 0 Å². The quantitative estimate of drug-likeness (QED) is 0.367. The summed E-state index contributed by atoms with van der Waals surface area (Å²) in [6, 6.07) is 0. The van der Waals surface area contributed by atoms with Gasteiger partial charge < -0.3 is 13.0 Å². The zero-order valence-corrected chi connectivity index (χ0v) is 16.9. The molecule has 0 aromatic heterocycles. The molecular formula is C13H29O4Si3.